The summed E-state index contributed by atoms with van der Waals surface area (Å²) in [7, 11) is -3.57. The van der Waals surface area contributed by atoms with Crippen molar-refractivity contribution in [1.29, 1.82) is 0 Å². The molecule has 0 radical (unpaired) electrons. The van der Waals surface area contributed by atoms with Crippen LogP contribution in [0.5, 0.6) is 0 Å². The summed E-state index contributed by atoms with van der Waals surface area (Å²) in [6, 6.07) is 11.2. The van der Waals surface area contributed by atoms with Gasteiger partial charge in [0.15, 0.2) is 6.29 Å². The number of benzene rings is 2. The predicted molar refractivity (Wildman–Crippen MR) is 116 cm³/mol. The number of nitrogens with one attached hydrogen (secondary N) is 1. The number of aromatic amines is 1. The van der Waals surface area contributed by atoms with Gasteiger partial charge >= 0.3 is 0 Å². The van der Waals surface area contributed by atoms with Gasteiger partial charge in [0.05, 0.1) is 10.6 Å². The van der Waals surface area contributed by atoms with Crippen molar-refractivity contribution in [3.05, 3.63) is 53.1 Å². The molecule has 1 saturated heterocycles. The standard InChI is InChI=1S/C23H26N2O3S/c1-16-7-8-17(2)19(13-16)23-21(15-26)20-14-18(9-10-22(20)24-23)29(27,28)25-11-5-3-4-6-12-25/h7-10,13-15,24H,3-6,11-12H2,1-2H3. The van der Waals surface area contributed by atoms with E-state index in [1.807, 2.05) is 32.0 Å². The Labute approximate surface area is 171 Å². The highest BCUT2D eigenvalue weighted by Gasteiger charge is 2.26. The lowest BCUT2D eigenvalue weighted by Crippen LogP contribution is -2.31. The maximum Gasteiger partial charge on any atom is 0.243 e. The van der Waals surface area contributed by atoms with Gasteiger partial charge in [-0.3, -0.25) is 4.79 Å². The zero-order valence-electron chi connectivity index (χ0n) is 16.9. The fourth-order valence-electron chi connectivity index (χ4n) is 4.12. The Morgan fingerprint density at radius 1 is 0.966 bits per heavy atom. The molecule has 1 N–H and O–H groups in total. The van der Waals surface area contributed by atoms with Crippen LogP contribution in [0.3, 0.4) is 0 Å². The highest BCUT2D eigenvalue weighted by atomic mass is 32.2. The third-order valence-electron chi connectivity index (χ3n) is 5.79. The second-order valence-electron chi connectivity index (χ2n) is 7.88. The second kappa shape index (κ2) is 7.76. The lowest BCUT2D eigenvalue weighted by molar-refractivity contribution is 0.112. The number of fused-ring (bicyclic) bond motifs is 1. The van der Waals surface area contributed by atoms with Gasteiger partial charge in [-0.2, -0.15) is 4.31 Å². The summed E-state index contributed by atoms with van der Waals surface area (Å²) in [4.78, 5) is 15.6. The van der Waals surface area contributed by atoms with Crippen LogP contribution >= 0.6 is 0 Å². The van der Waals surface area contributed by atoms with Crippen LogP contribution in [-0.2, 0) is 10.0 Å². The maximum absolute atomic E-state index is 13.2. The van der Waals surface area contributed by atoms with E-state index in [1.54, 1.807) is 22.5 Å². The van der Waals surface area contributed by atoms with Gasteiger partial charge in [0.25, 0.3) is 0 Å². The Balaban J connectivity index is 1.84. The quantitative estimate of drug-likeness (QED) is 0.626. The zero-order valence-corrected chi connectivity index (χ0v) is 17.7. The first kappa shape index (κ1) is 19.9. The van der Waals surface area contributed by atoms with Crippen LogP contribution in [0.15, 0.2) is 41.3 Å². The average molecular weight is 411 g/mol. The molecule has 1 fully saturated rings. The molecule has 0 amide bonds. The second-order valence-corrected chi connectivity index (χ2v) is 9.81. The molecule has 0 saturated carbocycles. The zero-order chi connectivity index (χ0) is 20.6. The molecule has 152 valence electrons. The Morgan fingerprint density at radius 3 is 2.38 bits per heavy atom. The fourth-order valence-corrected chi connectivity index (χ4v) is 5.67. The van der Waals surface area contributed by atoms with Crippen LogP contribution in [-0.4, -0.2) is 37.1 Å². The Bertz CT molecular complexity index is 1170. The smallest absolute Gasteiger partial charge is 0.243 e. The van der Waals surface area contributed by atoms with Crippen LogP contribution in [0, 0.1) is 13.8 Å². The van der Waals surface area contributed by atoms with Crippen molar-refractivity contribution in [2.24, 2.45) is 0 Å². The molecule has 0 unspecified atom stereocenters. The largest absolute Gasteiger partial charge is 0.354 e. The van der Waals surface area contributed by atoms with Crippen molar-refractivity contribution >= 4 is 27.2 Å². The van der Waals surface area contributed by atoms with E-state index in [0.717, 1.165) is 59.9 Å². The summed E-state index contributed by atoms with van der Waals surface area (Å²) in [5.41, 5.74) is 5.12. The molecule has 1 aliphatic rings. The maximum atomic E-state index is 13.2. The molecule has 2 heterocycles. The van der Waals surface area contributed by atoms with Crippen LogP contribution < -0.4 is 0 Å². The predicted octanol–water partition coefficient (Wildman–Crippen LogP) is 4.83. The summed E-state index contributed by atoms with van der Waals surface area (Å²) in [5, 5.41) is 0.645. The molecule has 2 aromatic carbocycles. The number of sulfonamides is 1. The summed E-state index contributed by atoms with van der Waals surface area (Å²) in [5.74, 6) is 0. The molecule has 29 heavy (non-hydrogen) atoms. The normalized spacial score (nSPS) is 16.1. The molecule has 0 bridgehead atoms. The third kappa shape index (κ3) is 3.63. The SMILES string of the molecule is Cc1ccc(C)c(-c2[nH]c3ccc(S(=O)(=O)N4CCCCCC4)cc3c2C=O)c1. The van der Waals surface area contributed by atoms with Crippen molar-refractivity contribution in [1.82, 2.24) is 9.29 Å². The first-order chi connectivity index (χ1) is 13.9. The monoisotopic (exact) mass is 410 g/mol. The van der Waals surface area contributed by atoms with E-state index in [4.69, 9.17) is 0 Å². The number of carbonyl (C=O) groups is 1. The van der Waals surface area contributed by atoms with E-state index < -0.39 is 10.0 Å². The highest BCUT2D eigenvalue weighted by molar-refractivity contribution is 7.89. The van der Waals surface area contributed by atoms with Gasteiger partial charge in [-0.1, -0.05) is 30.5 Å². The molecular formula is C23H26N2O3S. The van der Waals surface area contributed by atoms with Gasteiger partial charge in [-0.15, -0.1) is 0 Å². The topological polar surface area (TPSA) is 70.2 Å². The fraction of sp³-hybridized carbons (Fsp3) is 0.348. The number of hydrogen-bond acceptors (Lipinski definition) is 3. The lowest BCUT2D eigenvalue weighted by atomic mass is 10.00. The number of aromatic nitrogens is 1. The van der Waals surface area contributed by atoms with Crippen LogP contribution in [0.4, 0.5) is 0 Å². The first-order valence-corrected chi connectivity index (χ1v) is 11.5. The number of hydrogen-bond donors (Lipinski definition) is 1. The number of H-pyrrole nitrogens is 1. The number of rotatable bonds is 4. The Morgan fingerprint density at radius 2 is 1.69 bits per heavy atom. The van der Waals surface area contributed by atoms with Gasteiger partial charge < -0.3 is 4.98 Å². The number of carbonyl (C=O) groups excluding carboxylic acids is 1. The molecule has 0 spiro atoms. The summed E-state index contributed by atoms with van der Waals surface area (Å²) < 4.78 is 28.0. The Hall–Kier alpha value is -2.44. The van der Waals surface area contributed by atoms with Crippen molar-refractivity contribution < 1.29 is 13.2 Å². The summed E-state index contributed by atoms with van der Waals surface area (Å²) >= 11 is 0. The van der Waals surface area contributed by atoms with E-state index in [-0.39, 0.29) is 4.90 Å². The van der Waals surface area contributed by atoms with E-state index in [9.17, 15) is 13.2 Å². The first-order valence-electron chi connectivity index (χ1n) is 10.1. The van der Waals surface area contributed by atoms with E-state index in [2.05, 4.69) is 4.98 Å². The highest BCUT2D eigenvalue weighted by Crippen LogP contribution is 2.33. The Kier molecular flexibility index (Phi) is 5.32. The van der Waals surface area contributed by atoms with Gasteiger partial charge in [0.2, 0.25) is 10.0 Å². The number of aryl methyl sites for hydroxylation is 2. The minimum absolute atomic E-state index is 0.251. The molecule has 3 aromatic rings. The molecule has 6 heteroatoms. The average Bonchev–Trinajstić information content (AvgIpc) is 2.87. The molecular weight excluding hydrogens is 384 g/mol. The van der Waals surface area contributed by atoms with Crippen LogP contribution in [0.25, 0.3) is 22.2 Å². The van der Waals surface area contributed by atoms with Gasteiger partial charge in [-0.25, -0.2) is 8.42 Å². The number of nitrogens with zero attached hydrogens (tertiary/aromatic N) is 1. The molecule has 5 nitrogen and oxygen atoms in total. The minimum Gasteiger partial charge on any atom is -0.354 e. The summed E-state index contributed by atoms with van der Waals surface area (Å²) in [6.07, 6.45) is 4.73. The summed E-state index contributed by atoms with van der Waals surface area (Å²) in [6.45, 7) is 5.13. The van der Waals surface area contributed by atoms with Gasteiger partial charge in [0.1, 0.15) is 0 Å². The lowest BCUT2D eigenvalue weighted by Gasteiger charge is -2.20. The molecule has 4 rings (SSSR count). The number of aldehydes is 1. The molecule has 0 aliphatic carbocycles. The minimum atomic E-state index is -3.57. The van der Waals surface area contributed by atoms with Crippen molar-refractivity contribution in [3.63, 3.8) is 0 Å². The third-order valence-corrected chi connectivity index (χ3v) is 7.69. The van der Waals surface area contributed by atoms with E-state index in [1.165, 1.54) is 0 Å². The van der Waals surface area contributed by atoms with Crippen molar-refractivity contribution in [2.75, 3.05) is 13.1 Å². The van der Waals surface area contributed by atoms with Crippen molar-refractivity contribution in [2.45, 2.75) is 44.4 Å². The van der Waals surface area contributed by atoms with Crippen LogP contribution in [0.2, 0.25) is 0 Å². The van der Waals surface area contributed by atoms with E-state index in [0.29, 0.717) is 24.0 Å². The molecule has 0 atom stereocenters. The molecule has 1 aromatic heterocycles. The van der Waals surface area contributed by atoms with Crippen LogP contribution in [0.1, 0.15) is 47.2 Å². The van der Waals surface area contributed by atoms with E-state index >= 15 is 0 Å². The molecule has 1 aliphatic heterocycles. The van der Waals surface area contributed by atoms with Gasteiger partial charge in [-0.05, 0) is 56.5 Å². The van der Waals surface area contributed by atoms with Gasteiger partial charge in [0, 0.05) is 35.1 Å². The van der Waals surface area contributed by atoms with Crippen molar-refractivity contribution in [3.8, 4) is 11.3 Å².